The van der Waals surface area contributed by atoms with Crippen molar-refractivity contribution in [3.05, 3.63) is 35.9 Å². The molecule has 1 aromatic carbocycles. The molecular formula is C12H17NS. The number of nitrogens with two attached hydrogens (primary N) is 1. The molecule has 0 amide bonds. The highest BCUT2D eigenvalue weighted by molar-refractivity contribution is 8.00. The fraction of sp³-hybridized carbons (Fsp3) is 0.500. The van der Waals surface area contributed by atoms with Crippen LogP contribution < -0.4 is 5.73 Å². The van der Waals surface area contributed by atoms with Crippen molar-refractivity contribution >= 4 is 11.8 Å². The standard InChI is InChI=1S/C12H17NS/c13-12(10-6-2-1-3-7-10)11-8-4-5-9-14-11/h1-3,6-7,11-12H,4-5,8-9,13H2. The van der Waals surface area contributed by atoms with Crippen LogP contribution in [0.15, 0.2) is 30.3 Å². The first kappa shape index (κ1) is 10.1. The van der Waals surface area contributed by atoms with Crippen LogP contribution in [0.4, 0.5) is 0 Å². The Morgan fingerprint density at radius 3 is 2.64 bits per heavy atom. The number of rotatable bonds is 2. The largest absolute Gasteiger partial charge is 0.323 e. The maximum atomic E-state index is 6.25. The predicted molar refractivity (Wildman–Crippen MR) is 63.5 cm³/mol. The second-order valence-corrected chi connectivity index (χ2v) is 5.19. The molecule has 0 radical (unpaired) electrons. The summed E-state index contributed by atoms with van der Waals surface area (Å²) in [5.41, 5.74) is 7.53. The number of hydrogen-bond acceptors (Lipinski definition) is 2. The van der Waals surface area contributed by atoms with Gasteiger partial charge in [0.25, 0.3) is 0 Å². The van der Waals surface area contributed by atoms with Crippen LogP contribution in [0, 0.1) is 0 Å². The van der Waals surface area contributed by atoms with E-state index in [2.05, 4.69) is 24.3 Å². The lowest BCUT2D eigenvalue weighted by Crippen LogP contribution is -2.26. The smallest absolute Gasteiger partial charge is 0.0415 e. The molecule has 2 heteroatoms. The maximum Gasteiger partial charge on any atom is 0.0415 e. The van der Waals surface area contributed by atoms with E-state index in [-0.39, 0.29) is 6.04 Å². The molecule has 14 heavy (non-hydrogen) atoms. The minimum Gasteiger partial charge on any atom is -0.323 e. The molecule has 2 atom stereocenters. The number of benzene rings is 1. The van der Waals surface area contributed by atoms with Crippen LogP contribution in [0.25, 0.3) is 0 Å². The second-order valence-electron chi connectivity index (χ2n) is 3.84. The topological polar surface area (TPSA) is 26.0 Å². The summed E-state index contributed by atoms with van der Waals surface area (Å²) in [6.07, 6.45) is 3.99. The van der Waals surface area contributed by atoms with E-state index >= 15 is 0 Å². The van der Waals surface area contributed by atoms with Gasteiger partial charge in [-0.1, -0.05) is 36.8 Å². The molecule has 76 valence electrons. The van der Waals surface area contributed by atoms with Gasteiger partial charge in [0, 0.05) is 11.3 Å². The Hall–Kier alpha value is -0.470. The molecule has 1 aliphatic rings. The molecule has 2 N–H and O–H groups in total. The molecule has 1 aromatic rings. The maximum absolute atomic E-state index is 6.25. The molecule has 2 rings (SSSR count). The Labute approximate surface area is 90.1 Å². The van der Waals surface area contributed by atoms with Crippen LogP contribution in [-0.2, 0) is 0 Å². The minimum absolute atomic E-state index is 0.224. The molecule has 0 aliphatic carbocycles. The summed E-state index contributed by atoms with van der Waals surface area (Å²) < 4.78 is 0. The van der Waals surface area contributed by atoms with Crippen molar-refractivity contribution in [1.29, 1.82) is 0 Å². The van der Waals surface area contributed by atoms with Gasteiger partial charge in [-0.15, -0.1) is 0 Å². The zero-order valence-electron chi connectivity index (χ0n) is 8.36. The summed E-state index contributed by atoms with van der Waals surface area (Å²) in [7, 11) is 0. The number of hydrogen-bond donors (Lipinski definition) is 1. The summed E-state index contributed by atoms with van der Waals surface area (Å²) in [6.45, 7) is 0. The van der Waals surface area contributed by atoms with Crippen molar-refractivity contribution in [2.75, 3.05) is 5.75 Å². The van der Waals surface area contributed by atoms with E-state index in [0.717, 1.165) is 0 Å². The van der Waals surface area contributed by atoms with E-state index in [1.807, 2.05) is 17.8 Å². The third-order valence-electron chi connectivity index (χ3n) is 2.80. The fourth-order valence-corrected chi connectivity index (χ4v) is 3.31. The third-order valence-corrected chi connectivity index (χ3v) is 4.28. The van der Waals surface area contributed by atoms with E-state index in [9.17, 15) is 0 Å². The molecule has 0 spiro atoms. The quantitative estimate of drug-likeness (QED) is 0.807. The van der Waals surface area contributed by atoms with Crippen LogP contribution in [-0.4, -0.2) is 11.0 Å². The molecule has 1 aliphatic heterocycles. The molecule has 0 saturated carbocycles. The highest BCUT2D eigenvalue weighted by atomic mass is 32.2. The van der Waals surface area contributed by atoms with Crippen molar-refractivity contribution in [2.45, 2.75) is 30.6 Å². The van der Waals surface area contributed by atoms with E-state index in [4.69, 9.17) is 5.73 Å². The van der Waals surface area contributed by atoms with Gasteiger partial charge in [0.15, 0.2) is 0 Å². The minimum atomic E-state index is 0.224. The first-order chi connectivity index (χ1) is 6.88. The summed E-state index contributed by atoms with van der Waals surface area (Å²) in [5.74, 6) is 1.28. The molecular weight excluding hydrogens is 190 g/mol. The normalized spacial score (nSPS) is 24.5. The highest BCUT2D eigenvalue weighted by Crippen LogP contribution is 2.33. The van der Waals surface area contributed by atoms with Crippen molar-refractivity contribution in [1.82, 2.24) is 0 Å². The predicted octanol–water partition coefficient (Wildman–Crippen LogP) is 2.97. The van der Waals surface area contributed by atoms with Gasteiger partial charge in [-0.05, 0) is 24.2 Å². The van der Waals surface area contributed by atoms with Crippen LogP contribution in [0.3, 0.4) is 0 Å². The van der Waals surface area contributed by atoms with Gasteiger partial charge in [0.05, 0.1) is 0 Å². The summed E-state index contributed by atoms with van der Waals surface area (Å²) in [5, 5.41) is 0.631. The molecule has 1 nitrogen and oxygen atoms in total. The van der Waals surface area contributed by atoms with E-state index in [0.29, 0.717) is 5.25 Å². The lowest BCUT2D eigenvalue weighted by atomic mass is 10.0. The Morgan fingerprint density at radius 1 is 1.21 bits per heavy atom. The van der Waals surface area contributed by atoms with Crippen LogP contribution in [0.5, 0.6) is 0 Å². The Kier molecular flexibility index (Phi) is 3.49. The van der Waals surface area contributed by atoms with Crippen molar-refractivity contribution in [2.24, 2.45) is 5.73 Å². The molecule has 1 heterocycles. The van der Waals surface area contributed by atoms with Gasteiger partial charge in [-0.3, -0.25) is 0 Å². The summed E-state index contributed by atoms with van der Waals surface area (Å²) >= 11 is 2.04. The fourth-order valence-electron chi connectivity index (χ4n) is 1.94. The van der Waals surface area contributed by atoms with Crippen molar-refractivity contribution in [3.63, 3.8) is 0 Å². The zero-order valence-corrected chi connectivity index (χ0v) is 9.17. The monoisotopic (exact) mass is 207 g/mol. The summed E-state index contributed by atoms with van der Waals surface area (Å²) in [6, 6.07) is 10.7. The average molecular weight is 207 g/mol. The molecule has 2 unspecified atom stereocenters. The first-order valence-electron chi connectivity index (χ1n) is 5.30. The Bertz CT molecular complexity index is 267. The van der Waals surface area contributed by atoms with Gasteiger partial charge in [-0.25, -0.2) is 0 Å². The molecule has 1 fully saturated rings. The molecule has 1 saturated heterocycles. The van der Waals surface area contributed by atoms with Gasteiger partial charge in [0.1, 0.15) is 0 Å². The van der Waals surface area contributed by atoms with Gasteiger partial charge in [0.2, 0.25) is 0 Å². The molecule has 0 aromatic heterocycles. The van der Waals surface area contributed by atoms with Crippen LogP contribution >= 0.6 is 11.8 Å². The lowest BCUT2D eigenvalue weighted by Gasteiger charge is -2.27. The molecule has 0 bridgehead atoms. The van der Waals surface area contributed by atoms with E-state index < -0.39 is 0 Å². The summed E-state index contributed by atoms with van der Waals surface area (Å²) in [4.78, 5) is 0. The van der Waals surface area contributed by atoms with Crippen LogP contribution in [0.2, 0.25) is 0 Å². The van der Waals surface area contributed by atoms with E-state index in [1.165, 1.54) is 30.6 Å². The third kappa shape index (κ3) is 2.31. The highest BCUT2D eigenvalue weighted by Gasteiger charge is 2.21. The Morgan fingerprint density at radius 2 is 2.00 bits per heavy atom. The lowest BCUT2D eigenvalue weighted by molar-refractivity contribution is 0.582. The SMILES string of the molecule is NC(c1ccccc1)C1CCCCS1. The van der Waals surface area contributed by atoms with E-state index in [1.54, 1.807) is 0 Å². The Balaban J connectivity index is 2.03. The number of thioether (sulfide) groups is 1. The van der Waals surface area contributed by atoms with Gasteiger partial charge < -0.3 is 5.73 Å². The van der Waals surface area contributed by atoms with Crippen molar-refractivity contribution < 1.29 is 0 Å². The first-order valence-corrected chi connectivity index (χ1v) is 6.35. The van der Waals surface area contributed by atoms with Crippen LogP contribution in [0.1, 0.15) is 30.9 Å². The van der Waals surface area contributed by atoms with Gasteiger partial charge >= 0.3 is 0 Å². The van der Waals surface area contributed by atoms with Crippen molar-refractivity contribution in [3.8, 4) is 0 Å². The second kappa shape index (κ2) is 4.85. The van der Waals surface area contributed by atoms with Gasteiger partial charge in [-0.2, -0.15) is 11.8 Å². The average Bonchev–Trinajstić information content (AvgIpc) is 2.30. The zero-order chi connectivity index (χ0) is 9.80.